The Labute approximate surface area is 170 Å². The number of benzene rings is 1. The van der Waals surface area contributed by atoms with Gasteiger partial charge in [0, 0.05) is 48.7 Å². The normalized spacial score (nSPS) is 19.5. The van der Waals surface area contributed by atoms with E-state index in [0.717, 1.165) is 76.2 Å². The van der Waals surface area contributed by atoms with E-state index in [4.69, 9.17) is 9.72 Å². The first-order valence-electron chi connectivity index (χ1n) is 10.4. The lowest BCUT2D eigenvalue weighted by Crippen LogP contribution is -2.59. The maximum atomic E-state index is 13.1. The average Bonchev–Trinajstić information content (AvgIpc) is 3.19. The number of fused-ring (bicyclic) bond motifs is 1. The number of rotatable bonds is 4. The zero-order chi connectivity index (χ0) is 19.8. The molecule has 6 nitrogen and oxygen atoms in total. The van der Waals surface area contributed by atoms with Crippen molar-refractivity contribution in [2.75, 3.05) is 36.5 Å². The van der Waals surface area contributed by atoms with Gasteiger partial charge >= 0.3 is 0 Å². The molecule has 2 aromatic rings. The minimum atomic E-state index is -0.144. The van der Waals surface area contributed by atoms with Crippen LogP contribution in [0.5, 0.6) is 0 Å². The Balaban J connectivity index is 1.41. The molecule has 0 unspecified atom stereocenters. The minimum absolute atomic E-state index is 0.144. The van der Waals surface area contributed by atoms with E-state index in [1.807, 2.05) is 6.07 Å². The van der Waals surface area contributed by atoms with Crippen LogP contribution in [0.1, 0.15) is 51.2 Å². The highest BCUT2D eigenvalue weighted by Gasteiger charge is 2.45. The molecule has 2 fully saturated rings. The van der Waals surface area contributed by atoms with Gasteiger partial charge < -0.3 is 15.0 Å². The molecule has 1 aromatic carbocycles. The number of carbonyl (C=O) groups is 2. The van der Waals surface area contributed by atoms with Crippen LogP contribution in [-0.4, -0.2) is 43.5 Å². The van der Waals surface area contributed by atoms with Crippen LogP contribution in [0.4, 0.5) is 11.5 Å². The van der Waals surface area contributed by atoms with Crippen LogP contribution in [0.3, 0.4) is 0 Å². The molecule has 1 spiro atoms. The number of aldehydes is 1. The molecule has 0 bridgehead atoms. The van der Waals surface area contributed by atoms with Crippen molar-refractivity contribution in [2.24, 2.45) is 5.41 Å². The maximum Gasteiger partial charge on any atom is 0.259 e. The predicted molar refractivity (Wildman–Crippen MR) is 111 cm³/mol. The fourth-order valence-corrected chi connectivity index (χ4v) is 4.75. The highest BCUT2D eigenvalue weighted by Crippen LogP contribution is 2.43. The smallest absolute Gasteiger partial charge is 0.259 e. The van der Waals surface area contributed by atoms with Crippen molar-refractivity contribution in [1.29, 1.82) is 0 Å². The largest absolute Gasteiger partial charge is 0.381 e. The summed E-state index contributed by atoms with van der Waals surface area (Å²) in [4.78, 5) is 31.2. The molecule has 3 heterocycles. The van der Waals surface area contributed by atoms with Gasteiger partial charge in [0.15, 0.2) is 0 Å². The summed E-state index contributed by atoms with van der Waals surface area (Å²) in [5.74, 6) is 0.666. The van der Waals surface area contributed by atoms with Crippen molar-refractivity contribution in [3.8, 4) is 0 Å². The number of amides is 1. The van der Waals surface area contributed by atoms with E-state index >= 15 is 0 Å². The molecule has 6 heteroatoms. The van der Waals surface area contributed by atoms with Gasteiger partial charge in [-0.1, -0.05) is 0 Å². The molecule has 0 atom stereocenters. The number of aromatic nitrogens is 1. The highest BCUT2D eigenvalue weighted by atomic mass is 16.5. The summed E-state index contributed by atoms with van der Waals surface area (Å²) in [6.45, 7) is 3.54. The molecule has 1 aliphatic carbocycles. The third-order valence-electron chi connectivity index (χ3n) is 6.49. The van der Waals surface area contributed by atoms with Crippen molar-refractivity contribution < 1.29 is 14.3 Å². The second-order valence-corrected chi connectivity index (χ2v) is 8.48. The van der Waals surface area contributed by atoms with Crippen LogP contribution >= 0.6 is 0 Å². The van der Waals surface area contributed by atoms with Crippen molar-refractivity contribution in [1.82, 2.24) is 4.98 Å². The Bertz CT molecular complexity index is 941. The van der Waals surface area contributed by atoms with Crippen LogP contribution in [0.15, 0.2) is 30.3 Å². The molecular weight excluding hydrogens is 366 g/mol. The number of hydrogen-bond acceptors (Lipinski definition) is 5. The van der Waals surface area contributed by atoms with Gasteiger partial charge in [-0.25, -0.2) is 4.98 Å². The Hall–Kier alpha value is -2.73. The van der Waals surface area contributed by atoms with E-state index in [1.54, 1.807) is 24.3 Å². The first-order valence-corrected chi connectivity index (χ1v) is 10.4. The topological polar surface area (TPSA) is 71.5 Å². The number of anilines is 2. The van der Waals surface area contributed by atoms with E-state index < -0.39 is 0 Å². The van der Waals surface area contributed by atoms with Crippen LogP contribution in [-0.2, 0) is 17.6 Å². The number of ether oxygens (including phenoxy) is 1. The summed E-state index contributed by atoms with van der Waals surface area (Å²) in [5.41, 5.74) is 4.56. The van der Waals surface area contributed by atoms with Crippen molar-refractivity contribution in [2.45, 2.75) is 32.1 Å². The second kappa shape index (κ2) is 7.26. The lowest BCUT2D eigenvalue weighted by molar-refractivity contribution is -0.000519. The van der Waals surface area contributed by atoms with E-state index in [1.165, 1.54) is 5.56 Å². The van der Waals surface area contributed by atoms with Crippen LogP contribution in [0, 0.1) is 5.41 Å². The first-order chi connectivity index (χ1) is 14.2. The van der Waals surface area contributed by atoms with Crippen molar-refractivity contribution in [3.63, 3.8) is 0 Å². The standard InChI is InChI=1S/C23H25N3O3/c27-13-16-4-6-18(7-5-16)24-22(28)19-12-17-2-1-3-20(17)25-21(19)26-14-23(15-26)8-10-29-11-9-23/h4-7,12-13H,1-3,8-11,14-15H2,(H,24,28). The molecule has 2 saturated heterocycles. The minimum Gasteiger partial charge on any atom is -0.381 e. The fraction of sp³-hybridized carbons (Fsp3) is 0.435. The molecule has 3 aliphatic rings. The molecule has 2 aliphatic heterocycles. The highest BCUT2D eigenvalue weighted by molar-refractivity contribution is 6.08. The number of nitrogens with zero attached hydrogens (tertiary/aromatic N) is 2. The molecule has 1 aromatic heterocycles. The molecule has 0 saturated carbocycles. The number of nitrogens with one attached hydrogen (secondary N) is 1. The SMILES string of the molecule is O=Cc1ccc(NC(=O)c2cc3c(nc2N2CC4(CCOCC4)C2)CCC3)cc1. The Morgan fingerprint density at radius 3 is 2.62 bits per heavy atom. The van der Waals surface area contributed by atoms with Crippen LogP contribution in [0.25, 0.3) is 0 Å². The molecule has 1 N–H and O–H groups in total. The monoisotopic (exact) mass is 391 g/mol. The van der Waals surface area contributed by atoms with Gasteiger partial charge in [0.05, 0.1) is 5.56 Å². The van der Waals surface area contributed by atoms with Gasteiger partial charge in [-0.15, -0.1) is 0 Å². The third-order valence-corrected chi connectivity index (χ3v) is 6.49. The van der Waals surface area contributed by atoms with E-state index in [2.05, 4.69) is 10.2 Å². The second-order valence-electron chi connectivity index (χ2n) is 8.48. The number of carbonyl (C=O) groups excluding carboxylic acids is 2. The molecule has 150 valence electrons. The quantitative estimate of drug-likeness (QED) is 0.810. The van der Waals surface area contributed by atoms with Gasteiger partial charge in [0.1, 0.15) is 12.1 Å². The van der Waals surface area contributed by atoms with E-state index in [9.17, 15) is 9.59 Å². The number of hydrogen-bond donors (Lipinski definition) is 1. The Morgan fingerprint density at radius 1 is 1.14 bits per heavy atom. The summed E-state index contributed by atoms with van der Waals surface area (Å²) in [6.07, 6.45) is 6.03. The zero-order valence-corrected chi connectivity index (χ0v) is 16.4. The van der Waals surface area contributed by atoms with E-state index in [-0.39, 0.29) is 5.91 Å². The van der Waals surface area contributed by atoms with E-state index in [0.29, 0.717) is 22.2 Å². The molecule has 29 heavy (non-hydrogen) atoms. The Morgan fingerprint density at radius 2 is 1.90 bits per heavy atom. The van der Waals surface area contributed by atoms with Gasteiger partial charge in [-0.2, -0.15) is 0 Å². The summed E-state index contributed by atoms with van der Waals surface area (Å²) >= 11 is 0. The molecule has 0 radical (unpaired) electrons. The maximum absolute atomic E-state index is 13.1. The number of pyridine rings is 1. The zero-order valence-electron chi connectivity index (χ0n) is 16.4. The molecule has 5 rings (SSSR count). The van der Waals surface area contributed by atoms with Gasteiger partial charge in [-0.3, -0.25) is 9.59 Å². The molecular formula is C23H25N3O3. The third kappa shape index (κ3) is 3.42. The fourth-order valence-electron chi connectivity index (χ4n) is 4.75. The summed E-state index contributed by atoms with van der Waals surface area (Å²) < 4.78 is 5.53. The molecule has 1 amide bonds. The summed E-state index contributed by atoms with van der Waals surface area (Å²) in [7, 11) is 0. The van der Waals surface area contributed by atoms with Crippen LogP contribution < -0.4 is 10.2 Å². The first kappa shape index (κ1) is 18.3. The van der Waals surface area contributed by atoms with Gasteiger partial charge in [0.2, 0.25) is 0 Å². The van der Waals surface area contributed by atoms with Crippen molar-refractivity contribution >= 4 is 23.7 Å². The lowest BCUT2D eigenvalue weighted by atomic mass is 9.73. The van der Waals surface area contributed by atoms with Crippen LogP contribution in [0.2, 0.25) is 0 Å². The lowest BCUT2D eigenvalue weighted by Gasteiger charge is -2.53. The Kier molecular flexibility index (Phi) is 4.59. The van der Waals surface area contributed by atoms with Gasteiger partial charge in [0.25, 0.3) is 5.91 Å². The summed E-state index contributed by atoms with van der Waals surface area (Å²) in [6, 6.07) is 8.95. The predicted octanol–water partition coefficient (Wildman–Crippen LogP) is 3.25. The van der Waals surface area contributed by atoms with Crippen molar-refractivity contribution in [3.05, 3.63) is 52.7 Å². The average molecular weight is 391 g/mol. The van der Waals surface area contributed by atoms with Gasteiger partial charge in [-0.05, 0) is 68.0 Å². The summed E-state index contributed by atoms with van der Waals surface area (Å²) in [5, 5.41) is 2.97. The number of aryl methyl sites for hydroxylation is 2.